The monoisotopic (exact) mass is 759 g/mol. The number of hydrogen-bond donors (Lipinski definition) is 3. The van der Waals surface area contributed by atoms with Crippen molar-refractivity contribution in [3.05, 3.63) is 30.5 Å². The molecule has 2 aliphatic carbocycles. The summed E-state index contributed by atoms with van der Waals surface area (Å²) in [6, 6.07) is 4.95. The number of ether oxygens (including phenoxy) is 3. The minimum atomic E-state index is -4.46. The van der Waals surface area contributed by atoms with Crippen molar-refractivity contribution in [1.29, 1.82) is 0 Å². The highest BCUT2D eigenvalue weighted by Gasteiger charge is 2.62. The second kappa shape index (κ2) is 14.6. The quantitative estimate of drug-likeness (QED) is 0.266. The lowest BCUT2D eigenvalue weighted by Gasteiger charge is -2.36. The fourth-order valence-electron chi connectivity index (χ4n) is 6.83. The molecule has 3 N–H and O–H groups in total. The van der Waals surface area contributed by atoms with Gasteiger partial charge in [0.15, 0.2) is 0 Å². The average molecular weight is 760 g/mol. The van der Waals surface area contributed by atoms with Gasteiger partial charge >= 0.3 is 16.4 Å². The summed E-state index contributed by atoms with van der Waals surface area (Å²) in [6.45, 7) is 14.1. The molecule has 3 aliphatic rings. The number of amides is 4. The van der Waals surface area contributed by atoms with Gasteiger partial charge in [0.2, 0.25) is 17.7 Å². The Balaban J connectivity index is 1.43. The van der Waals surface area contributed by atoms with Crippen LogP contribution in [-0.4, -0.2) is 90.7 Å². The second-order valence-electron chi connectivity index (χ2n) is 16.4. The maximum absolute atomic E-state index is 14.5. The number of aromatic nitrogens is 1. The van der Waals surface area contributed by atoms with Crippen molar-refractivity contribution in [3.8, 4) is 11.6 Å². The minimum Gasteiger partial charge on any atom is -0.497 e. The van der Waals surface area contributed by atoms with Crippen LogP contribution in [0.25, 0.3) is 10.8 Å². The Morgan fingerprint density at radius 2 is 1.75 bits per heavy atom. The summed E-state index contributed by atoms with van der Waals surface area (Å²) in [7, 11) is -2.89. The lowest BCUT2D eigenvalue weighted by molar-refractivity contribution is -0.143. The Kier molecular flexibility index (Phi) is 11.0. The van der Waals surface area contributed by atoms with Crippen molar-refractivity contribution in [2.45, 2.75) is 129 Å². The molecule has 0 bridgehead atoms. The number of benzene rings is 1. The number of nitrogens with one attached hydrogen (secondary N) is 3. The smallest absolute Gasteiger partial charge is 0.408 e. The molecule has 16 heteroatoms. The Bertz CT molecular complexity index is 1850. The molecule has 292 valence electrons. The highest BCUT2D eigenvalue weighted by atomic mass is 32.2. The Morgan fingerprint density at radius 3 is 2.32 bits per heavy atom. The van der Waals surface area contributed by atoms with Crippen LogP contribution in [0.5, 0.6) is 11.6 Å². The van der Waals surface area contributed by atoms with E-state index in [2.05, 4.69) is 15.6 Å². The van der Waals surface area contributed by atoms with Crippen LogP contribution in [0.3, 0.4) is 0 Å². The molecule has 1 aliphatic heterocycles. The topological polar surface area (TPSA) is 192 Å². The van der Waals surface area contributed by atoms with Crippen LogP contribution in [0.4, 0.5) is 4.79 Å². The molecule has 0 spiro atoms. The number of carbonyl (C=O) groups is 4. The molecule has 2 aromatic rings. The van der Waals surface area contributed by atoms with Crippen molar-refractivity contribution >= 4 is 44.9 Å². The molecule has 1 aromatic heterocycles. The summed E-state index contributed by atoms with van der Waals surface area (Å²) in [5.41, 5.74) is -4.00. The molecular formula is C37H53N5O10S. The zero-order valence-electron chi connectivity index (χ0n) is 32.0. The summed E-state index contributed by atoms with van der Waals surface area (Å²) < 4.78 is 50.4. The van der Waals surface area contributed by atoms with Crippen molar-refractivity contribution in [3.63, 3.8) is 0 Å². The van der Waals surface area contributed by atoms with Gasteiger partial charge in [-0.25, -0.2) is 18.7 Å². The van der Waals surface area contributed by atoms with Crippen LogP contribution < -0.4 is 24.8 Å². The first-order chi connectivity index (χ1) is 24.6. The molecule has 5 rings (SSSR count). The van der Waals surface area contributed by atoms with Crippen molar-refractivity contribution < 1.29 is 46.0 Å². The second-order valence-corrected chi connectivity index (χ2v) is 17.7. The lowest BCUT2D eigenvalue weighted by Crippen LogP contribution is -2.60. The molecule has 0 radical (unpaired) electrons. The van der Waals surface area contributed by atoms with Gasteiger partial charge in [-0.1, -0.05) is 41.0 Å². The largest absolute Gasteiger partial charge is 0.497 e. The maximum Gasteiger partial charge on any atom is 0.408 e. The molecule has 53 heavy (non-hydrogen) atoms. The molecule has 3 fully saturated rings. The fourth-order valence-corrected chi connectivity index (χ4v) is 8.03. The third-order valence-corrected chi connectivity index (χ3v) is 11.1. The van der Waals surface area contributed by atoms with Gasteiger partial charge in [-0.05, 0) is 87.4 Å². The molecule has 15 nitrogen and oxygen atoms in total. The van der Waals surface area contributed by atoms with E-state index in [4.69, 9.17) is 18.4 Å². The Labute approximate surface area is 311 Å². The third-order valence-electron chi connectivity index (χ3n) is 10.1. The highest BCUT2D eigenvalue weighted by Crippen LogP contribution is 2.47. The van der Waals surface area contributed by atoms with E-state index in [1.54, 1.807) is 60.9 Å². The van der Waals surface area contributed by atoms with Gasteiger partial charge in [-0.15, -0.1) is 0 Å². The van der Waals surface area contributed by atoms with Crippen LogP contribution >= 0.6 is 0 Å². The van der Waals surface area contributed by atoms with E-state index < -0.39 is 74.5 Å². The SMILES string of the molecule is CC[C@@H]1C[C@]1(NC(=O)[C@@H]1C[C@@H](Oc2nccc3cc(OC)ccc23)CN1C(=O)[C@@H](NC(=O)OC(C)(C)C)C(C)(C)C)C(=O)NS(=O)(=O)OC1(CC)CC1. The van der Waals surface area contributed by atoms with Gasteiger partial charge in [0.05, 0.1) is 19.3 Å². The summed E-state index contributed by atoms with van der Waals surface area (Å²) in [5, 5.41) is 7.03. The molecule has 0 unspecified atom stereocenters. The van der Waals surface area contributed by atoms with Crippen LogP contribution in [-0.2, 0) is 33.6 Å². The predicted molar refractivity (Wildman–Crippen MR) is 195 cm³/mol. The van der Waals surface area contributed by atoms with E-state index in [0.29, 0.717) is 36.8 Å². The van der Waals surface area contributed by atoms with Gasteiger partial charge < -0.3 is 29.7 Å². The number of alkyl carbamates (subject to hydrolysis) is 1. The summed E-state index contributed by atoms with van der Waals surface area (Å²) in [5.74, 6) is -1.54. The number of fused-ring (bicyclic) bond motifs is 1. The Morgan fingerprint density at radius 1 is 1.06 bits per heavy atom. The number of hydrogen-bond acceptors (Lipinski definition) is 11. The first-order valence-electron chi connectivity index (χ1n) is 18.1. The highest BCUT2D eigenvalue weighted by molar-refractivity contribution is 7.85. The van der Waals surface area contributed by atoms with Crippen LogP contribution in [0.2, 0.25) is 0 Å². The van der Waals surface area contributed by atoms with Gasteiger partial charge in [0.1, 0.15) is 35.1 Å². The van der Waals surface area contributed by atoms with E-state index in [9.17, 15) is 27.6 Å². The molecular weight excluding hydrogens is 706 g/mol. The van der Waals surface area contributed by atoms with Gasteiger partial charge in [-0.2, -0.15) is 8.42 Å². The summed E-state index contributed by atoms with van der Waals surface area (Å²) in [6.07, 6.45) is 2.36. The number of methoxy groups -OCH3 is 1. The standard InChI is InChI=1S/C37H53N5O10S/c1-10-23-20-37(23,32(45)41-53(47,48)52-36(11-2)15-16-36)40-29(43)27-19-25(50-30-26-13-12-24(49-9)18-22(26)14-17-38-30)21-42(27)31(44)28(34(3,4)5)39-33(46)51-35(6,7)8/h12-14,17-18,23,25,27-28H,10-11,15-16,19-21H2,1-9H3,(H,39,46)(H,40,43)(H,41,45)/t23-,25-,27+,28-,37-/m1/s1. The summed E-state index contributed by atoms with van der Waals surface area (Å²) >= 11 is 0. The van der Waals surface area contributed by atoms with Crippen LogP contribution in [0, 0.1) is 11.3 Å². The van der Waals surface area contributed by atoms with Gasteiger partial charge in [0, 0.05) is 18.0 Å². The summed E-state index contributed by atoms with van der Waals surface area (Å²) in [4.78, 5) is 61.2. The molecule has 1 saturated heterocycles. The lowest BCUT2D eigenvalue weighted by atomic mass is 9.85. The molecule has 4 amide bonds. The van der Waals surface area contributed by atoms with E-state index in [-0.39, 0.29) is 31.2 Å². The molecule has 2 saturated carbocycles. The van der Waals surface area contributed by atoms with E-state index in [0.717, 1.165) is 5.39 Å². The third kappa shape index (κ3) is 9.14. The zero-order chi connectivity index (χ0) is 39.1. The van der Waals surface area contributed by atoms with E-state index in [1.165, 1.54) is 4.90 Å². The molecule has 5 atom stereocenters. The first kappa shape index (κ1) is 40.0. The van der Waals surface area contributed by atoms with Gasteiger partial charge in [0.25, 0.3) is 5.91 Å². The first-order valence-corrected chi connectivity index (χ1v) is 19.5. The number of likely N-dealkylation sites (tertiary alicyclic amines) is 1. The number of rotatable bonds is 13. The molecule has 1 aromatic carbocycles. The van der Waals surface area contributed by atoms with Crippen molar-refractivity contribution in [2.75, 3.05) is 13.7 Å². The Hall–Kier alpha value is -4.18. The number of carbonyl (C=O) groups excluding carboxylic acids is 4. The van der Waals surface area contributed by atoms with Gasteiger partial charge in [-0.3, -0.25) is 14.4 Å². The predicted octanol–water partition coefficient (Wildman–Crippen LogP) is 4.14. The minimum absolute atomic E-state index is 0.0179. The van der Waals surface area contributed by atoms with Crippen molar-refractivity contribution in [1.82, 2.24) is 25.2 Å². The average Bonchev–Trinajstić information content (AvgIpc) is 3.95. The normalized spacial score (nSPS) is 24.2. The maximum atomic E-state index is 14.5. The zero-order valence-corrected chi connectivity index (χ0v) is 32.8. The fraction of sp³-hybridized carbons (Fsp3) is 0.649. The van der Waals surface area contributed by atoms with E-state index >= 15 is 0 Å². The number of nitrogens with zero attached hydrogens (tertiary/aromatic N) is 2. The molecule has 2 heterocycles. The number of pyridine rings is 1. The van der Waals surface area contributed by atoms with Crippen LogP contribution in [0.15, 0.2) is 30.5 Å². The van der Waals surface area contributed by atoms with Crippen LogP contribution in [0.1, 0.15) is 93.9 Å². The van der Waals surface area contributed by atoms with Crippen molar-refractivity contribution in [2.24, 2.45) is 11.3 Å². The van der Waals surface area contributed by atoms with E-state index in [1.807, 2.05) is 36.8 Å².